The summed E-state index contributed by atoms with van der Waals surface area (Å²) in [5.41, 5.74) is 4.10. The van der Waals surface area contributed by atoms with E-state index in [1.807, 2.05) is 13.5 Å². The Kier molecular flexibility index (Phi) is 8.75. The third-order valence-corrected chi connectivity index (χ3v) is 2.66. The van der Waals surface area contributed by atoms with E-state index in [1.165, 1.54) is 16.8 Å². The Hall–Kier alpha value is -0.184. The molecule has 0 radical (unpaired) electrons. The molecule has 0 heterocycles. The van der Waals surface area contributed by atoms with Crippen LogP contribution in [0, 0.1) is 6.54 Å². The Labute approximate surface area is 118 Å². The second kappa shape index (κ2) is 8.84. The molecule has 3 heteroatoms. The monoisotopic (exact) mass is 298 g/mol. The van der Waals surface area contributed by atoms with Gasteiger partial charge in [-0.15, -0.1) is 0 Å². The van der Waals surface area contributed by atoms with Crippen LogP contribution in [0.15, 0.2) is 18.2 Å². The summed E-state index contributed by atoms with van der Waals surface area (Å²) in [5.74, 6) is 1.12. The first-order chi connectivity index (χ1) is 8.07. The molecule has 0 atom stereocenters. The number of halogens is 1. The van der Waals surface area contributed by atoms with E-state index in [9.17, 15) is 0 Å². The number of hydrogen-bond donors (Lipinski definition) is 1. The molecule has 99 valence electrons. The van der Waals surface area contributed by atoms with E-state index in [-0.39, 0.29) is 0 Å². The molecule has 0 spiro atoms. The number of benzene rings is 1. The van der Waals surface area contributed by atoms with Gasteiger partial charge >= 0.3 is 25.0 Å². The Morgan fingerprint density at radius 3 is 1.76 bits per heavy atom. The number of rotatable bonds is 4. The molecule has 0 amide bonds. The number of hydrogen-bond acceptors (Lipinski definition) is 1. The van der Waals surface area contributed by atoms with Gasteiger partial charge < -0.3 is 5.32 Å². The standard InChI is InChI=1S/C14H22N.ClH.Co/c1-6-15-14-12(10(2)3)8-7-9-13(14)11(4)5;;/h6-11,15H,1-5H3;1H;/q-1;;+2/p-1. The molecular weight excluding hydrogens is 277 g/mol. The minimum absolute atomic E-state index is 0.561. The fraction of sp³-hybridized carbons (Fsp3) is 0.500. The van der Waals surface area contributed by atoms with Crippen LogP contribution < -0.4 is 5.32 Å². The van der Waals surface area contributed by atoms with Crippen LogP contribution in [0.4, 0.5) is 5.69 Å². The molecule has 0 saturated carbocycles. The molecule has 0 aliphatic carbocycles. The maximum atomic E-state index is 4.33. The third kappa shape index (κ3) is 4.90. The average Bonchev–Trinajstić information content (AvgIpc) is 2.31. The zero-order chi connectivity index (χ0) is 13.4. The van der Waals surface area contributed by atoms with Crippen LogP contribution in [0.2, 0.25) is 0 Å². The van der Waals surface area contributed by atoms with E-state index in [4.69, 9.17) is 0 Å². The van der Waals surface area contributed by atoms with Crippen molar-refractivity contribution < 1.29 is 14.8 Å². The van der Waals surface area contributed by atoms with Gasteiger partial charge in [-0.2, -0.15) is 6.92 Å². The summed E-state index contributed by atoms with van der Waals surface area (Å²) < 4.78 is 0. The van der Waals surface area contributed by atoms with Crippen LogP contribution in [-0.4, -0.2) is 0 Å². The normalized spacial score (nSPS) is 10.2. The summed E-state index contributed by atoms with van der Waals surface area (Å²) in [7, 11) is 4.33. The second-order valence-electron chi connectivity index (χ2n) is 4.55. The molecule has 0 aliphatic heterocycles. The Morgan fingerprint density at radius 1 is 1.06 bits per heavy atom. The summed E-state index contributed by atoms with van der Waals surface area (Å²) in [5, 5.41) is 3.38. The van der Waals surface area contributed by atoms with Gasteiger partial charge in [0.05, 0.1) is 0 Å². The van der Waals surface area contributed by atoms with Crippen LogP contribution in [-0.2, 0) is 14.8 Å². The van der Waals surface area contributed by atoms with Crippen LogP contribution >= 0.6 is 10.1 Å². The SMILES string of the molecule is C[CH-]Nc1c(C(C)C)cccc1C(C)C.[Cl][Co+]. The topological polar surface area (TPSA) is 12.0 Å². The summed E-state index contributed by atoms with van der Waals surface area (Å²) in [6.45, 7) is 13.0. The van der Waals surface area contributed by atoms with Gasteiger partial charge in [-0.05, 0) is 23.0 Å². The van der Waals surface area contributed by atoms with E-state index < -0.39 is 0 Å². The van der Waals surface area contributed by atoms with Gasteiger partial charge in [0.25, 0.3) is 0 Å². The molecule has 17 heavy (non-hydrogen) atoms. The van der Waals surface area contributed by atoms with Crippen molar-refractivity contribution in [2.24, 2.45) is 0 Å². The zero-order valence-corrected chi connectivity index (χ0v) is 13.0. The Bertz CT molecular complexity index is 298. The van der Waals surface area contributed by atoms with Crippen molar-refractivity contribution in [1.82, 2.24) is 0 Å². The Balaban J connectivity index is 0.00000121. The van der Waals surface area contributed by atoms with E-state index in [0.717, 1.165) is 0 Å². The number of anilines is 1. The van der Waals surface area contributed by atoms with E-state index in [0.29, 0.717) is 11.8 Å². The van der Waals surface area contributed by atoms with Gasteiger partial charge in [-0.25, -0.2) is 6.54 Å². The van der Waals surface area contributed by atoms with E-state index in [2.05, 4.69) is 76.2 Å². The van der Waals surface area contributed by atoms with Crippen molar-refractivity contribution in [3.63, 3.8) is 0 Å². The summed E-state index contributed by atoms with van der Waals surface area (Å²) in [6.07, 6.45) is 0. The van der Waals surface area contributed by atoms with Crippen molar-refractivity contribution in [1.29, 1.82) is 0 Å². The summed E-state index contributed by atoms with van der Waals surface area (Å²) in [6, 6.07) is 6.58. The predicted molar refractivity (Wildman–Crippen MR) is 74.1 cm³/mol. The van der Waals surface area contributed by atoms with Gasteiger partial charge in [0.1, 0.15) is 0 Å². The first-order valence-electron chi connectivity index (χ1n) is 5.87. The first-order valence-corrected chi connectivity index (χ1v) is 7.31. The fourth-order valence-electron chi connectivity index (χ4n) is 1.86. The molecule has 0 saturated heterocycles. The second-order valence-corrected chi connectivity index (χ2v) is 4.55. The molecule has 1 aromatic rings. The molecule has 0 aromatic heterocycles. The van der Waals surface area contributed by atoms with Crippen molar-refractivity contribution in [2.45, 2.75) is 46.5 Å². The van der Waals surface area contributed by atoms with Gasteiger partial charge in [0, 0.05) is 5.69 Å². The fourth-order valence-corrected chi connectivity index (χ4v) is 1.86. The first kappa shape index (κ1) is 16.8. The van der Waals surface area contributed by atoms with Crippen molar-refractivity contribution >= 4 is 15.8 Å². The molecular formula is C14H22ClCoN. The quantitative estimate of drug-likeness (QED) is 0.752. The summed E-state index contributed by atoms with van der Waals surface area (Å²) in [4.78, 5) is 0. The average molecular weight is 299 g/mol. The minimum atomic E-state index is 0.561. The van der Waals surface area contributed by atoms with Crippen LogP contribution in [0.5, 0.6) is 0 Å². The van der Waals surface area contributed by atoms with E-state index >= 15 is 0 Å². The van der Waals surface area contributed by atoms with Crippen LogP contribution in [0.25, 0.3) is 0 Å². The molecule has 1 N–H and O–H groups in total. The van der Waals surface area contributed by atoms with Gasteiger partial charge in [0.15, 0.2) is 0 Å². The molecule has 1 nitrogen and oxygen atoms in total. The van der Waals surface area contributed by atoms with Crippen LogP contribution in [0.1, 0.15) is 57.6 Å². The van der Waals surface area contributed by atoms with E-state index in [1.54, 1.807) is 0 Å². The predicted octanol–water partition coefficient (Wildman–Crippen LogP) is 5.21. The number of nitrogens with one attached hydrogen (secondary N) is 1. The van der Waals surface area contributed by atoms with Crippen LogP contribution in [0.3, 0.4) is 0 Å². The molecule has 0 fully saturated rings. The van der Waals surface area contributed by atoms with Crippen molar-refractivity contribution in [3.05, 3.63) is 35.9 Å². The Morgan fingerprint density at radius 2 is 1.47 bits per heavy atom. The van der Waals surface area contributed by atoms with Crippen molar-refractivity contribution in [3.8, 4) is 0 Å². The molecule has 0 aliphatic rings. The van der Waals surface area contributed by atoms with Crippen molar-refractivity contribution in [2.75, 3.05) is 5.32 Å². The zero-order valence-electron chi connectivity index (χ0n) is 11.2. The third-order valence-electron chi connectivity index (χ3n) is 2.66. The molecule has 0 bridgehead atoms. The van der Waals surface area contributed by atoms with Gasteiger partial charge in [0.2, 0.25) is 0 Å². The number of para-hydroxylation sites is 1. The molecule has 1 aromatic carbocycles. The van der Waals surface area contributed by atoms with Gasteiger partial charge in [-0.1, -0.05) is 45.9 Å². The maximum absolute atomic E-state index is 4.33. The van der Waals surface area contributed by atoms with Gasteiger partial charge in [-0.3, -0.25) is 0 Å². The molecule has 1 rings (SSSR count). The summed E-state index contributed by atoms with van der Waals surface area (Å²) >= 11 is 3.03. The molecule has 0 unspecified atom stereocenters.